The average Bonchev–Trinajstić information content (AvgIpc) is 2.59. The highest BCUT2D eigenvalue weighted by molar-refractivity contribution is 6.31. The number of hydrogen-bond acceptors (Lipinski definition) is 5. The van der Waals surface area contributed by atoms with Crippen LogP contribution in [0.25, 0.3) is 0 Å². The quantitative estimate of drug-likeness (QED) is 0.594. The molecule has 0 bridgehead atoms. The number of nitrogens with zero attached hydrogens (tertiary/aromatic N) is 5. The molecular weight excluding hydrogens is 341 g/mol. The lowest BCUT2D eigenvalue weighted by atomic mass is 10.0. The second kappa shape index (κ2) is 7.54. The molecule has 5 nitrogen and oxygen atoms in total. The number of allylic oxidation sites excluding steroid dienone is 1. The largest absolute Gasteiger partial charge is 0.338 e. The predicted octanol–water partition coefficient (Wildman–Crippen LogP) is 3.65. The maximum absolute atomic E-state index is 14.1. The molecule has 0 aliphatic carbocycles. The number of fused-ring (bicyclic) bond motifs is 1. The Morgan fingerprint density at radius 1 is 1.24 bits per heavy atom. The summed E-state index contributed by atoms with van der Waals surface area (Å²) in [6, 6.07) is 2.85. The maximum atomic E-state index is 14.1. The number of benzene rings is 1. The van der Waals surface area contributed by atoms with Gasteiger partial charge in [-0.1, -0.05) is 23.8 Å². The summed E-state index contributed by atoms with van der Waals surface area (Å²) < 4.78 is 14.1. The van der Waals surface area contributed by atoms with Gasteiger partial charge in [0.2, 0.25) is 5.96 Å². The first kappa shape index (κ1) is 17.9. The molecule has 0 radical (unpaired) electrons. The minimum Gasteiger partial charge on any atom is -0.338 e. The number of hydrazone groups is 1. The number of likely N-dealkylation sites (N-methyl/N-ethyl adjacent to an activating group) is 1. The standard InChI is InChI=1S/C18H23ClFN5/c1-4-6-17-13-11-15(20)14(19)12-16(13)22-18(25(17)21-5-2)24-9-7-23(3)8-10-24/h4-6,11-12,17H,7-10H2,1-3H3/b6-4+,21-5-. The van der Waals surface area contributed by atoms with Gasteiger partial charge in [0, 0.05) is 38.0 Å². The van der Waals surface area contributed by atoms with E-state index in [1.165, 1.54) is 6.07 Å². The molecule has 2 aliphatic heterocycles. The van der Waals surface area contributed by atoms with E-state index in [2.05, 4.69) is 21.9 Å². The van der Waals surface area contributed by atoms with Crippen LogP contribution in [0, 0.1) is 5.82 Å². The highest BCUT2D eigenvalue weighted by Crippen LogP contribution is 2.39. The Morgan fingerprint density at radius 2 is 1.96 bits per heavy atom. The number of halogens is 2. The van der Waals surface area contributed by atoms with Gasteiger partial charge in [-0.2, -0.15) is 5.10 Å². The van der Waals surface area contributed by atoms with Crippen molar-refractivity contribution in [1.82, 2.24) is 14.8 Å². The SMILES string of the molecule is C/C=N\N1C(N2CCN(C)CC2)=Nc2cc(Cl)c(F)cc2C1/C=C/C. The lowest BCUT2D eigenvalue weighted by Gasteiger charge is -2.41. The number of piperazine rings is 1. The van der Waals surface area contributed by atoms with Gasteiger partial charge in [-0.25, -0.2) is 14.4 Å². The lowest BCUT2D eigenvalue weighted by molar-refractivity contribution is 0.190. The van der Waals surface area contributed by atoms with Gasteiger partial charge in [-0.3, -0.25) is 0 Å². The summed E-state index contributed by atoms with van der Waals surface area (Å²) >= 11 is 5.99. The van der Waals surface area contributed by atoms with Crippen LogP contribution < -0.4 is 0 Å². The summed E-state index contributed by atoms with van der Waals surface area (Å²) in [5.41, 5.74) is 1.47. The van der Waals surface area contributed by atoms with Crippen LogP contribution in [0.4, 0.5) is 10.1 Å². The van der Waals surface area contributed by atoms with Gasteiger partial charge in [0.25, 0.3) is 0 Å². The van der Waals surface area contributed by atoms with Crippen molar-refractivity contribution in [2.45, 2.75) is 19.9 Å². The minimum absolute atomic E-state index is 0.0897. The van der Waals surface area contributed by atoms with E-state index in [1.54, 1.807) is 12.3 Å². The molecule has 2 heterocycles. The average molecular weight is 364 g/mol. The van der Waals surface area contributed by atoms with E-state index in [0.29, 0.717) is 5.69 Å². The Hall–Kier alpha value is -1.92. The van der Waals surface area contributed by atoms with Gasteiger partial charge in [-0.05, 0) is 33.0 Å². The summed E-state index contributed by atoms with van der Waals surface area (Å²) in [6.07, 6.45) is 5.69. The van der Waals surface area contributed by atoms with E-state index in [1.807, 2.05) is 31.0 Å². The van der Waals surface area contributed by atoms with E-state index in [-0.39, 0.29) is 11.1 Å². The smallest absolute Gasteiger partial charge is 0.223 e. The van der Waals surface area contributed by atoms with Crippen molar-refractivity contribution in [2.75, 3.05) is 33.2 Å². The van der Waals surface area contributed by atoms with Gasteiger partial charge < -0.3 is 9.80 Å². The van der Waals surface area contributed by atoms with Gasteiger partial charge >= 0.3 is 0 Å². The Morgan fingerprint density at radius 3 is 2.60 bits per heavy atom. The van der Waals surface area contributed by atoms with Crippen molar-refractivity contribution in [1.29, 1.82) is 0 Å². The highest BCUT2D eigenvalue weighted by Gasteiger charge is 2.33. The van der Waals surface area contributed by atoms with Crippen LogP contribution in [-0.4, -0.2) is 60.2 Å². The molecule has 1 fully saturated rings. The second-order valence-electron chi connectivity index (χ2n) is 6.22. The minimum atomic E-state index is -0.436. The molecule has 7 heteroatoms. The monoisotopic (exact) mass is 363 g/mol. The topological polar surface area (TPSA) is 34.4 Å². The van der Waals surface area contributed by atoms with E-state index >= 15 is 0 Å². The molecular formula is C18H23ClFN5. The molecule has 1 aromatic carbocycles. The van der Waals surface area contributed by atoms with Crippen molar-refractivity contribution < 1.29 is 4.39 Å². The molecule has 0 saturated carbocycles. The third kappa shape index (κ3) is 3.55. The van der Waals surface area contributed by atoms with Gasteiger partial charge in [0.15, 0.2) is 0 Å². The van der Waals surface area contributed by atoms with Crippen LogP contribution in [0.1, 0.15) is 25.5 Å². The molecule has 3 rings (SSSR count). The summed E-state index contributed by atoms with van der Waals surface area (Å²) in [5, 5.41) is 6.48. The first-order valence-corrected chi connectivity index (χ1v) is 8.84. The van der Waals surface area contributed by atoms with Crippen molar-refractivity contribution in [2.24, 2.45) is 10.1 Å². The molecule has 0 N–H and O–H groups in total. The van der Waals surface area contributed by atoms with Crippen molar-refractivity contribution in [3.63, 3.8) is 0 Å². The van der Waals surface area contributed by atoms with E-state index < -0.39 is 5.82 Å². The zero-order valence-electron chi connectivity index (χ0n) is 14.8. The zero-order chi connectivity index (χ0) is 18.0. The Labute approximate surface area is 153 Å². The van der Waals surface area contributed by atoms with E-state index in [9.17, 15) is 4.39 Å². The molecule has 1 unspecified atom stereocenters. The molecule has 134 valence electrons. The highest BCUT2D eigenvalue weighted by atomic mass is 35.5. The Bertz CT molecular complexity index is 722. The van der Waals surface area contributed by atoms with Crippen LogP contribution in [0.2, 0.25) is 5.02 Å². The fourth-order valence-electron chi connectivity index (χ4n) is 3.14. The molecule has 1 saturated heterocycles. The van der Waals surface area contributed by atoms with Gasteiger partial charge in [0.05, 0.1) is 10.7 Å². The first-order valence-electron chi connectivity index (χ1n) is 8.47. The molecule has 2 aliphatic rings. The fraction of sp³-hybridized carbons (Fsp3) is 0.444. The van der Waals surface area contributed by atoms with Crippen molar-refractivity contribution >= 4 is 29.5 Å². The Balaban J connectivity index is 2.10. The molecule has 0 spiro atoms. The summed E-state index contributed by atoms with van der Waals surface area (Å²) in [6.45, 7) is 7.49. The number of aliphatic imine (C=N–C) groups is 1. The molecule has 0 amide bonds. The third-order valence-electron chi connectivity index (χ3n) is 4.48. The molecule has 1 aromatic rings. The van der Waals surface area contributed by atoms with Crippen LogP contribution in [-0.2, 0) is 0 Å². The van der Waals surface area contributed by atoms with Crippen LogP contribution in [0.5, 0.6) is 0 Å². The number of guanidine groups is 1. The Kier molecular flexibility index (Phi) is 5.39. The van der Waals surface area contributed by atoms with E-state index in [4.69, 9.17) is 16.6 Å². The summed E-state index contributed by atoms with van der Waals surface area (Å²) in [7, 11) is 2.11. The molecule has 1 atom stereocenters. The van der Waals surface area contributed by atoms with Crippen LogP contribution in [0.15, 0.2) is 34.4 Å². The first-order chi connectivity index (χ1) is 12.0. The van der Waals surface area contributed by atoms with Crippen molar-refractivity contribution in [3.8, 4) is 0 Å². The fourth-order valence-corrected chi connectivity index (χ4v) is 3.30. The molecule has 0 aromatic heterocycles. The predicted molar refractivity (Wildman–Crippen MR) is 101 cm³/mol. The number of hydrogen-bond donors (Lipinski definition) is 0. The maximum Gasteiger partial charge on any atom is 0.223 e. The second-order valence-corrected chi connectivity index (χ2v) is 6.62. The molecule has 25 heavy (non-hydrogen) atoms. The van der Waals surface area contributed by atoms with Gasteiger partial charge in [-0.15, -0.1) is 0 Å². The van der Waals surface area contributed by atoms with Crippen LogP contribution >= 0.6 is 11.6 Å². The summed E-state index contributed by atoms with van der Waals surface area (Å²) in [5.74, 6) is 0.345. The van der Waals surface area contributed by atoms with E-state index in [0.717, 1.165) is 37.7 Å². The lowest BCUT2D eigenvalue weighted by Crippen LogP contribution is -2.52. The normalized spacial score (nSPS) is 22.0. The third-order valence-corrected chi connectivity index (χ3v) is 4.77. The van der Waals surface area contributed by atoms with Crippen LogP contribution in [0.3, 0.4) is 0 Å². The van der Waals surface area contributed by atoms with Gasteiger partial charge in [0.1, 0.15) is 11.9 Å². The van der Waals surface area contributed by atoms with Crippen molar-refractivity contribution in [3.05, 3.63) is 40.7 Å². The zero-order valence-corrected chi connectivity index (χ0v) is 15.5. The summed E-state index contributed by atoms with van der Waals surface area (Å²) in [4.78, 5) is 9.29. The number of rotatable bonds is 2.